The van der Waals surface area contributed by atoms with Crippen molar-refractivity contribution < 1.29 is 32.5 Å². The molecule has 0 aliphatic rings. The van der Waals surface area contributed by atoms with E-state index in [0.717, 1.165) is 12.8 Å². The quantitative estimate of drug-likeness (QED) is 0.468. The molecule has 1 N–H and O–H groups in total. The van der Waals surface area contributed by atoms with Crippen LogP contribution in [0.25, 0.3) is 0 Å². The molecule has 0 aromatic rings. The summed E-state index contributed by atoms with van der Waals surface area (Å²) in [6, 6.07) is 0. The molecule has 0 heterocycles. The fourth-order valence-corrected chi connectivity index (χ4v) is 1.35. The molecule has 0 amide bonds. The third kappa shape index (κ3) is 15.1. The number of alkyl halides is 3. The molecule has 0 saturated carbocycles. The van der Waals surface area contributed by atoms with Crippen LogP contribution >= 0.6 is 0 Å². The second-order valence-corrected chi connectivity index (χ2v) is 4.09. The highest BCUT2D eigenvalue weighted by atomic mass is 19.4. The Hall–Kier alpha value is -0.820. The lowest BCUT2D eigenvalue weighted by Crippen LogP contribution is -2.11. The summed E-state index contributed by atoms with van der Waals surface area (Å²) in [6.07, 6.45) is -1.81. The van der Waals surface area contributed by atoms with Crippen molar-refractivity contribution in [3.05, 3.63) is 0 Å². The van der Waals surface area contributed by atoms with Crippen LogP contribution in [0.5, 0.6) is 0 Å². The summed E-state index contributed by atoms with van der Waals surface area (Å²) in [7, 11) is 0. The van der Waals surface area contributed by atoms with Gasteiger partial charge in [-0.25, -0.2) is 0 Å². The van der Waals surface area contributed by atoms with Crippen LogP contribution in [0.2, 0.25) is 0 Å². The molecule has 0 bridgehead atoms. The molecule has 0 unspecified atom stereocenters. The molecule has 0 aliphatic carbocycles. The van der Waals surface area contributed by atoms with E-state index in [1.54, 1.807) is 0 Å². The first-order chi connectivity index (χ1) is 8.95. The van der Waals surface area contributed by atoms with E-state index in [-0.39, 0.29) is 25.8 Å². The van der Waals surface area contributed by atoms with Crippen molar-refractivity contribution in [3.8, 4) is 0 Å². The molecule has 0 rings (SSSR count). The molecule has 0 aromatic heterocycles. The lowest BCUT2D eigenvalue weighted by atomic mass is 10.1. The van der Waals surface area contributed by atoms with Gasteiger partial charge in [-0.3, -0.25) is 4.79 Å². The Kier molecular flexibility index (Phi) is 10.6. The molecule has 7 heteroatoms. The molecule has 4 nitrogen and oxygen atoms in total. The van der Waals surface area contributed by atoms with Crippen molar-refractivity contribution in [2.45, 2.75) is 44.7 Å². The van der Waals surface area contributed by atoms with Crippen molar-refractivity contribution in [3.63, 3.8) is 0 Å². The van der Waals surface area contributed by atoms with Gasteiger partial charge in [-0.1, -0.05) is 12.8 Å². The summed E-state index contributed by atoms with van der Waals surface area (Å²) in [6.45, 7) is -0.144. The highest BCUT2D eigenvalue weighted by Gasteiger charge is 2.26. The van der Waals surface area contributed by atoms with Gasteiger partial charge in [0.15, 0.2) is 0 Å². The maximum absolute atomic E-state index is 11.8. The maximum atomic E-state index is 11.8. The molecule has 114 valence electrons. The topological polar surface area (TPSA) is 55.8 Å². The number of carbonyl (C=O) groups is 1. The first-order valence-corrected chi connectivity index (χ1v) is 6.36. The van der Waals surface area contributed by atoms with Crippen LogP contribution in [0.4, 0.5) is 13.2 Å². The summed E-state index contributed by atoms with van der Waals surface area (Å²) < 4.78 is 44.8. The van der Waals surface area contributed by atoms with Gasteiger partial charge in [0.1, 0.15) is 6.61 Å². The minimum absolute atomic E-state index is 0.0197. The zero-order valence-corrected chi connectivity index (χ0v) is 10.9. The average molecular weight is 286 g/mol. The number of unbranched alkanes of at least 4 members (excludes halogenated alkanes) is 3. The normalized spacial score (nSPS) is 11.6. The van der Waals surface area contributed by atoms with Crippen LogP contribution in [0.15, 0.2) is 0 Å². The number of ether oxygens (including phenoxy) is 2. The highest BCUT2D eigenvalue weighted by Crippen LogP contribution is 2.19. The van der Waals surface area contributed by atoms with Gasteiger partial charge in [0.25, 0.3) is 0 Å². The minimum Gasteiger partial charge on any atom is -0.463 e. The monoisotopic (exact) mass is 286 g/mol. The minimum atomic E-state index is -4.16. The molecule has 19 heavy (non-hydrogen) atoms. The fourth-order valence-electron chi connectivity index (χ4n) is 1.35. The Labute approximate surface area is 110 Å². The van der Waals surface area contributed by atoms with Gasteiger partial charge in [0, 0.05) is 13.0 Å². The van der Waals surface area contributed by atoms with Crippen molar-refractivity contribution in [2.24, 2.45) is 0 Å². The SMILES string of the molecule is O=C(CCCCCCOCCC(F)(F)F)OCCO. The van der Waals surface area contributed by atoms with Gasteiger partial charge in [-0.2, -0.15) is 13.2 Å². The molecule has 0 atom stereocenters. The van der Waals surface area contributed by atoms with Gasteiger partial charge in [-0.05, 0) is 12.8 Å². The van der Waals surface area contributed by atoms with E-state index in [1.807, 2.05) is 0 Å². The molecule has 0 fully saturated rings. The van der Waals surface area contributed by atoms with E-state index in [4.69, 9.17) is 9.84 Å². The molecule has 0 aromatic carbocycles. The Morgan fingerprint density at radius 2 is 1.68 bits per heavy atom. The van der Waals surface area contributed by atoms with E-state index in [9.17, 15) is 18.0 Å². The Bertz CT molecular complexity index is 232. The summed E-state index contributed by atoms with van der Waals surface area (Å²) in [4.78, 5) is 11.0. The number of carbonyl (C=O) groups excluding carboxylic acids is 1. The standard InChI is InChI=1S/C12H21F3O4/c13-12(14,15)6-9-18-8-4-2-1-3-5-11(17)19-10-7-16/h16H,1-10H2. The Morgan fingerprint density at radius 3 is 2.32 bits per heavy atom. The smallest absolute Gasteiger partial charge is 0.391 e. The highest BCUT2D eigenvalue weighted by molar-refractivity contribution is 5.69. The van der Waals surface area contributed by atoms with Crippen LogP contribution in [0.1, 0.15) is 38.5 Å². The summed E-state index contributed by atoms with van der Waals surface area (Å²) in [5, 5.41) is 8.42. The van der Waals surface area contributed by atoms with Crippen LogP contribution < -0.4 is 0 Å². The van der Waals surface area contributed by atoms with Gasteiger partial charge < -0.3 is 14.6 Å². The van der Waals surface area contributed by atoms with E-state index in [2.05, 4.69) is 4.74 Å². The van der Waals surface area contributed by atoms with Crippen molar-refractivity contribution in [1.82, 2.24) is 0 Å². The van der Waals surface area contributed by atoms with Gasteiger partial charge in [0.05, 0.1) is 19.6 Å². The lowest BCUT2D eigenvalue weighted by Gasteiger charge is -2.07. The van der Waals surface area contributed by atoms with Crippen LogP contribution in [0.3, 0.4) is 0 Å². The molecule has 0 radical (unpaired) electrons. The number of halogens is 3. The zero-order chi connectivity index (χ0) is 14.6. The third-order valence-electron chi connectivity index (χ3n) is 2.30. The predicted molar refractivity (Wildman–Crippen MR) is 62.6 cm³/mol. The average Bonchev–Trinajstić information content (AvgIpc) is 2.33. The van der Waals surface area contributed by atoms with Crippen LogP contribution in [0, 0.1) is 0 Å². The summed E-state index contributed by atoms with van der Waals surface area (Å²) in [5.74, 6) is -0.338. The van der Waals surface area contributed by atoms with Crippen molar-refractivity contribution in [1.29, 1.82) is 0 Å². The first-order valence-electron chi connectivity index (χ1n) is 6.36. The Morgan fingerprint density at radius 1 is 1.00 bits per heavy atom. The van der Waals surface area contributed by atoms with E-state index in [0.29, 0.717) is 25.9 Å². The number of aliphatic hydroxyl groups is 1. The van der Waals surface area contributed by atoms with Gasteiger partial charge in [-0.15, -0.1) is 0 Å². The van der Waals surface area contributed by atoms with E-state index >= 15 is 0 Å². The number of rotatable bonds is 11. The largest absolute Gasteiger partial charge is 0.463 e. The van der Waals surface area contributed by atoms with Crippen molar-refractivity contribution >= 4 is 5.97 Å². The van der Waals surface area contributed by atoms with Gasteiger partial charge >= 0.3 is 12.1 Å². The third-order valence-corrected chi connectivity index (χ3v) is 2.30. The van der Waals surface area contributed by atoms with E-state index in [1.165, 1.54) is 0 Å². The molecule has 0 aliphatic heterocycles. The first kappa shape index (κ1) is 18.2. The molecular formula is C12H21F3O4. The molecule has 0 spiro atoms. The van der Waals surface area contributed by atoms with Gasteiger partial charge in [0.2, 0.25) is 0 Å². The summed E-state index contributed by atoms with van der Waals surface area (Å²) in [5.41, 5.74) is 0. The number of hydrogen-bond donors (Lipinski definition) is 1. The van der Waals surface area contributed by atoms with Crippen LogP contribution in [-0.4, -0.2) is 43.7 Å². The Balaban J connectivity index is 3.17. The van der Waals surface area contributed by atoms with E-state index < -0.39 is 12.6 Å². The number of aliphatic hydroxyl groups excluding tert-OH is 1. The second-order valence-electron chi connectivity index (χ2n) is 4.09. The number of hydrogen-bond acceptors (Lipinski definition) is 4. The second kappa shape index (κ2) is 11.0. The zero-order valence-electron chi connectivity index (χ0n) is 10.9. The summed E-state index contributed by atoms with van der Waals surface area (Å²) >= 11 is 0. The number of esters is 1. The van der Waals surface area contributed by atoms with Crippen LogP contribution in [-0.2, 0) is 14.3 Å². The van der Waals surface area contributed by atoms with Crippen molar-refractivity contribution in [2.75, 3.05) is 26.4 Å². The lowest BCUT2D eigenvalue weighted by molar-refractivity contribution is -0.145. The molecular weight excluding hydrogens is 265 g/mol. The predicted octanol–water partition coefficient (Wildman–Crippen LogP) is 2.44. The fraction of sp³-hybridized carbons (Fsp3) is 0.917. The maximum Gasteiger partial charge on any atom is 0.391 e. The molecule has 0 saturated heterocycles.